The van der Waals surface area contributed by atoms with Crippen molar-refractivity contribution in [2.24, 2.45) is 0 Å². The Morgan fingerprint density at radius 1 is 1.00 bits per heavy atom. The van der Waals surface area contributed by atoms with E-state index in [1.165, 1.54) is 0 Å². The lowest BCUT2D eigenvalue weighted by molar-refractivity contribution is 0.0712. The summed E-state index contributed by atoms with van der Waals surface area (Å²) in [5.41, 5.74) is 2.13. The maximum atomic E-state index is 5.85. The van der Waals surface area contributed by atoms with Crippen molar-refractivity contribution < 1.29 is 13.3 Å². The lowest BCUT2D eigenvalue weighted by Gasteiger charge is -2.28. The molecule has 0 unspecified atom stereocenters. The van der Waals surface area contributed by atoms with E-state index in [-0.39, 0.29) is 0 Å². The molecule has 0 aliphatic carbocycles. The summed E-state index contributed by atoms with van der Waals surface area (Å²) in [6.07, 6.45) is 1.08. The van der Waals surface area contributed by atoms with Gasteiger partial charge in [-0.1, -0.05) is 18.8 Å². The fraction of sp³-hybridized carbons (Fsp3) is 0.846. The van der Waals surface area contributed by atoms with E-state index in [4.69, 9.17) is 13.3 Å². The van der Waals surface area contributed by atoms with Gasteiger partial charge in [0.2, 0.25) is 0 Å². The van der Waals surface area contributed by atoms with E-state index in [9.17, 15) is 0 Å². The van der Waals surface area contributed by atoms with Crippen molar-refractivity contribution in [3.8, 4) is 0 Å². The van der Waals surface area contributed by atoms with Crippen LogP contribution in [0.3, 0.4) is 0 Å². The fourth-order valence-corrected chi connectivity index (χ4v) is 7.85. The second kappa shape index (κ2) is 10.2. The molecule has 0 N–H and O–H groups in total. The maximum absolute atomic E-state index is 5.85. The Kier molecular flexibility index (Phi) is 10.4. The minimum atomic E-state index is -2.43. The Balaban J connectivity index is 4.28. The predicted octanol–water partition coefficient (Wildman–Crippen LogP) is 4.09. The van der Waals surface area contributed by atoms with E-state index in [0.29, 0.717) is 19.8 Å². The monoisotopic (exact) mass is 322 g/mol. The standard InChI is InChI=1S/C13H30O3SSi2/c1-7-14-19(15-8-2,16-9-3)13-11-12-17-18(5,6)10-4/h10H,4,7-9,11-13H2,1-3,5-6H3. The highest BCUT2D eigenvalue weighted by molar-refractivity contribution is 8.29. The minimum absolute atomic E-state index is 0.659. The second-order valence-electron chi connectivity index (χ2n) is 4.74. The van der Waals surface area contributed by atoms with Gasteiger partial charge < -0.3 is 13.3 Å². The number of hydrogen-bond donors (Lipinski definition) is 0. The summed E-state index contributed by atoms with van der Waals surface area (Å²) in [7, 11) is -3.68. The quantitative estimate of drug-likeness (QED) is 0.399. The van der Waals surface area contributed by atoms with Crippen LogP contribution in [0.15, 0.2) is 12.3 Å². The van der Waals surface area contributed by atoms with Gasteiger partial charge >= 0.3 is 8.80 Å². The minimum Gasteiger partial charge on any atom is -0.374 e. The van der Waals surface area contributed by atoms with Crippen LogP contribution in [0.1, 0.15) is 27.2 Å². The molecule has 0 spiro atoms. The third kappa shape index (κ3) is 8.32. The molecule has 0 bridgehead atoms. The second-order valence-corrected chi connectivity index (χ2v) is 15.8. The average molecular weight is 323 g/mol. The third-order valence-corrected chi connectivity index (χ3v) is 11.4. The van der Waals surface area contributed by atoms with Crippen molar-refractivity contribution in [2.75, 3.05) is 25.6 Å². The molecule has 6 heteroatoms. The van der Waals surface area contributed by atoms with Crippen LogP contribution in [0.4, 0.5) is 0 Å². The maximum Gasteiger partial charge on any atom is 0.500 e. The Bertz CT molecular complexity index is 233. The van der Waals surface area contributed by atoms with Gasteiger partial charge in [-0.15, -0.1) is 6.58 Å². The molecule has 0 aromatic heterocycles. The lowest BCUT2D eigenvalue weighted by atomic mass is 10.6. The molecule has 0 atom stereocenters. The van der Waals surface area contributed by atoms with Crippen LogP contribution in [0, 0.1) is 0 Å². The van der Waals surface area contributed by atoms with Crippen LogP contribution in [0.2, 0.25) is 19.1 Å². The van der Waals surface area contributed by atoms with Crippen molar-refractivity contribution in [1.29, 1.82) is 0 Å². The normalized spacial score (nSPS) is 12.7. The molecule has 0 fully saturated rings. The van der Waals surface area contributed by atoms with Gasteiger partial charge in [-0.25, -0.2) is 0 Å². The largest absolute Gasteiger partial charge is 0.500 e. The number of rotatable bonds is 12. The topological polar surface area (TPSA) is 27.7 Å². The molecule has 0 aromatic rings. The van der Waals surface area contributed by atoms with Gasteiger partial charge in [0.05, 0.1) is 0 Å². The highest BCUT2D eigenvalue weighted by Gasteiger charge is 2.39. The van der Waals surface area contributed by atoms with E-state index in [1.807, 2.05) is 20.8 Å². The first-order chi connectivity index (χ1) is 8.95. The summed E-state index contributed by atoms with van der Waals surface area (Å²) in [5, 5.41) is 0. The van der Waals surface area contributed by atoms with E-state index in [0.717, 1.165) is 18.2 Å². The molecule has 114 valence electrons. The highest BCUT2D eigenvalue weighted by Crippen LogP contribution is 2.25. The average Bonchev–Trinajstić information content (AvgIpc) is 2.36. The Morgan fingerprint density at radius 3 is 1.84 bits per heavy atom. The van der Waals surface area contributed by atoms with Crippen LogP contribution in [-0.4, -0.2) is 41.6 Å². The molecule has 0 aromatic carbocycles. The SMILES string of the molecule is C=C[Si](C)(C)SCCC[Si](OCC)(OCC)OCC. The summed E-state index contributed by atoms with van der Waals surface area (Å²) in [4.78, 5) is 0. The van der Waals surface area contributed by atoms with E-state index in [2.05, 4.69) is 36.6 Å². The van der Waals surface area contributed by atoms with Gasteiger partial charge in [0.1, 0.15) is 7.22 Å². The molecule has 0 radical (unpaired) electrons. The molecule has 3 nitrogen and oxygen atoms in total. The smallest absolute Gasteiger partial charge is 0.374 e. The van der Waals surface area contributed by atoms with Crippen molar-refractivity contribution in [2.45, 2.75) is 46.3 Å². The van der Waals surface area contributed by atoms with E-state index < -0.39 is 16.0 Å². The van der Waals surface area contributed by atoms with Gasteiger partial charge in [0.25, 0.3) is 0 Å². The molecular weight excluding hydrogens is 292 g/mol. The molecule has 0 rings (SSSR count). The van der Waals surface area contributed by atoms with Gasteiger partial charge in [0, 0.05) is 25.9 Å². The summed E-state index contributed by atoms with van der Waals surface area (Å²) < 4.78 is 17.5. The van der Waals surface area contributed by atoms with Crippen LogP contribution in [-0.2, 0) is 13.3 Å². The van der Waals surface area contributed by atoms with Crippen molar-refractivity contribution in [3.63, 3.8) is 0 Å². The Morgan fingerprint density at radius 2 is 1.47 bits per heavy atom. The summed E-state index contributed by atoms with van der Waals surface area (Å²) >= 11 is 2.05. The zero-order valence-electron chi connectivity index (χ0n) is 13.2. The summed E-state index contributed by atoms with van der Waals surface area (Å²) in [6.45, 7) is 16.6. The van der Waals surface area contributed by atoms with Gasteiger partial charge in [-0.05, 0) is 32.9 Å². The molecule has 19 heavy (non-hydrogen) atoms. The van der Waals surface area contributed by atoms with E-state index in [1.54, 1.807) is 0 Å². The summed E-state index contributed by atoms with van der Waals surface area (Å²) in [5.74, 6) is 1.13. The Hall–Kier alpha value is 0.404. The van der Waals surface area contributed by atoms with Crippen LogP contribution in [0.5, 0.6) is 0 Å². The number of hydrogen-bond acceptors (Lipinski definition) is 4. The van der Waals surface area contributed by atoms with Gasteiger partial charge in [-0.3, -0.25) is 0 Å². The van der Waals surface area contributed by atoms with Crippen molar-refractivity contribution >= 4 is 27.2 Å². The fourth-order valence-electron chi connectivity index (χ4n) is 1.68. The summed E-state index contributed by atoms with van der Waals surface area (Å²) in [6, 6.07) is 0.914. The zero-order valence-corrected chi connectivity index (χ0v) is 16.0. The third-order valence-electron chi connectivity index (χ3n) is 2.69. The molecule has 0 saturated carbocycles. The van der Waals surface area contributed by atoms with Crippen molar-refractivity contribution in [1.82, 2.24) is 0 Å². The molecule has 0 amide bonds. The molecule has 0 saturated heterocycles. The zero-order chi connectivity index (χ0) is 14.8. The first-order valence-electron chi connectivity index (χ1n) is 7.14. The highest BCUT2D eigenvalue weighted by atomic mass is 32.4. The van der Waals surface area contributed by atoms with E-state index >= 15 is 0 Å². The van der Waals surface area contributed by atoms with Gasteiger partial charge in [-0.2, -0.15) is 11.2 Å². The first-order valence-corrected chi connectivity index (χ1v) is 13.9. The van der Waals surface area contributed by atoms with Crippen LogP contribution in [0.25, 0.3) is 0 Å². The molecule has 0 aliphatic heterocycles. The lowest BCUT2D eigenvalue weighted by Crippen LogP contribution is -2.46. The molecule has 0 heterocycles. The van der Waals surface area contributed by atoms with Gasteiger partial charge in [0.15, 0.2) is 0 Å². The van der Waals surface area contributed by atoms with Crippen LogP contribution >= 0.6 is 11.2 Å². The first kappa shape index (κ1) is 19.4. The van der Waals surface area contributed by atoms with Crippen LogP contribution < -0.4 is 0 Å². The Labute approximate surface area is 125 Å². The molecular formula is C13H30O3SSi2. The molecule has 0 aliphatic rings. The predicted molar refractivity (Wildman–Crippen MR) is 90.2 cm³/mol. The van der Waals surface area contributed by atoms with Crippen molar-refractivity contribution in [3.05, 3.63) is 12.3 Å².